The second-order valence-electron chi connectivity index (χ2n) is 5.12. The van der Waals surface area contributed by atoms with Gasteiger partial charge in [-0.05, 0) is 38.0 Å². The number of likely N-dealkylation sites (tertiary alicyclic amines) is 1. The van der Waals surface area contributed by atoms with Gasteiger partial charge < -0.3 is 15.3 Å². The number of halogens is 2. The van der Waals surface area contributed by atoms with Crippen molar-refractivity contribution in [3.63, 3.8) is 0 Å². The highest BCUT2D eigenvalue weighted by molar-refractivity contribution is 5.80. The Morgan fingerprint density at radius 1 is 1.38 bits per heavy atom. The molecule has 0 amide bonds. The predicted octanol–water partition coefficient (Wildman–Crippen LogP) is 1.89. The van der Waals surface area contributed by atoms with Crippen LogP contribution in [0.3, 0.4) is 0 Å². The quantitative estimate of drug-likeness (QED) is 0.661. The first-order chi connectivity index (χ1) is 10.1. The summed E-state index contributed by atoms with van der Waals surface area (Å²) in [7, 11) is 0. The van der Waals surface area contributed by atoms with Gasteiger partial charge in [-0.25, -0.2) is 13.8 Å². The molecule has 1 aliphatic heterocycles. The van der Waals surface area contributed by atoms with Crippen molar-refractivity contribution in [3.8, 4) is 0 Å². The minimum Gasteiger partial charge on any atom is -0.393 e. The number of rotatable bonds is 3. The topological polar surface area (TPSA) is 47.9 Å². The number of hydrogen-bond donors (Lipinski definition) is 2. The number of piperidine rings is 1. The molecule has 0 unspecified atom stereocenters. The Morgan fingerprint density at radius 2 is 2.10 bits per heavy atom. The molecule has 1 fully saturated rings. The lowest BCUT2D eigenvalue weighted by Crippen LogP contribution is -2.46. The van der Waals surface area contributed by atoms with Crippen molar-refractivity contribution < 1.29 is 13.9 Å². The van der Waals surface area contributed by atoms with Crippen LogP contribution < -0.4 is 5.32 Å². The zero-order chi connectivity index (χ0) is 15.2. The molecular weight excluding hydrogens is 276 g/mol. The molecule has 0 bridgehead atoms. The molecule has 0 radical (unpaired) electrons. The van der Waals surface area contributed by atoms with Gasteiger partial charge in [-0.15, -0.1) is 0 Å². The van der Waals surface area contributed by atoms with Crippen molar-refractivity contribution in [2.45, 2.75) is 32.4 Å². The van der Waals surface area contributed by atoms with Gasteiger partial charge in [0, 0.05) is 25.2 Å². The number of aliphatic hydroxyl groups excluding tert-OH is 1. The van der Waals surface area contributed by atoms with Crippen LogP contribution in [0.15, 0.2) is 23.2 Å². The number of aliphatic hydroxyl groups is 1. The van der Waals surface area contributed by atoms with Gasteiger partial charge in [-0.2, -0.15) is 0 Å². The Balaban J connectivity index is 2.08. The summed E-state index contributed by atoms with van der Waals surface area (Å²) in [6, 6.07) is 3.38. The average Bonchev–Trinajstić information content (AvgIpc) is 2.48. The van der Waals surface area contributed by atoms with E-state index >= 15 is 0 Å². The van der Waals surface area contributed by atoms with Crippen LogP contribution in [0.2, 0.25) is 0 Å². The second kappa shape index (κ2) is 7.36. The highest BCUT2D eigenvalue weighted by atomic mass is 19.1. The smallest absolute Gasteiger partial charge is 0.194 e. The molecular formula is C15H21F2N3O. The maximum Gasteiger partial charge on any atom is 0.194 e. The lowest BCUT2D eigenvalue weighted by Gasteiger charge is -2.32. The van der Waals surface area contributed by atoms with Crippen LogP contribution in [0.1, 0.15) is 25.3 Å². The molecule has 2 N–H and O–H groups in total. The molecule has 1 heterocycles. The zero-order valence-corrected chi connectivity index (χ0v) is 12.1. The van der Waals surface area contributed by atoms with Gasteiger partial charge in [0.15, 0.2) is 5.96 Å². The van der Waals surface area contributed by atoms with Gasteiger partial charge in [0.05, 0.1) is 12.6 Å². The summed E-state index contributed by atoms with van der Waals surface area (Å²) in [6.07, 6.45) is 1.13. The first-order valence-corrected chi connectivity index (χ1v) is 7.25. The lowest BCUT2D eigenvalue weighted by atomic mass is 10.1. The maximum absolute atomic E-state index is 13.6. The van der Waals surface area contributed by atoms with Crippen LogP contribution in [-0.2, 0) is 6.54 Å². The molecule has 21 heavy (non-hydrogen) atoms. The van der Waals surface area contributed by atoms with E-state index in [1.165, 1.54) is 6.07 Å². The van der Waals surface area contributed by atoms with Crippen LogP contribution in [0, 0.1) is 11.6 Å². The largest absolute Gasteiger partial charge is 0.393 e. The Hall–Kier alpha value is -1.69. The van der Waals surface area contributed by atoms with E-state index in [1.54, 1.807) is 0 Å². The normalized spacial score (nSPS) is 17.1. The van der Waals surface area contributed by atoms with E-state index in [0.29, 0.717) is 38.4 Å². The Labute approximate surface area is 123 Å². The molecule has 0 spiro atoms. The average molecular weight is 297 g/mol. The molecule has 4 nitrogen and oxygen atoms in total. The third-order valence-corrected chi connectivity index (χ3v) is 3.51. The standard InChI is InChI=1S/C15H21F2N3O/c1-2-18-15(20-7-5-13(21)6-8-20)19-10-11-9-12(16)3-4-14(11)17/h3-4,9,13,21H,2,5-8,10H2,1H3,(H,18,19). The van der Waals surface area contributed by atoms with Gasteiger partial charge >= 0.3 is 0 Å². The van der Waals surface area contributed by atoms with Crippen LogP contribution in [-0.4, -0.2) is 41.7 Å². The van der Waals surface area contributed by atoms with Gasteiger partial charge in [-0.1, -0.05) is 0 Å². The minimum absolute atomic E-state index is 0.0883. The first kappa shape index (κ1) is 15.7. The molecule has 1 aromatic carbocycles. The molecule has 1 saturated heterocycles. The van der Waals surface area contributed by atoms with Crippen LogP contribution in [0.25, 0.3) is 0 Å². The molecule has 0 atom stereocenters. The minimum atomic E-state index is -0.465. The van der Waals surface area contributed by atoms with Gasteiger partial charge in [0.2, 0.25) is 0 Å². The van der Waals surface area contributed by atoms with E-state index in [2.05, 4.69) is 10.3 Å². The number of nitrogens with zero attached hydrogens (tertiary/aromatic N) is 2. The number of nitrogens with one attached hydrogen (secondary N) is 1. The molecule has 0 saturated carbocycles. The summed E-state index contributed by atoms with van der Waals surface area (Å²) in [5.74, 6) is -0.245. The lowest BCUT2D eigenvalue weighted by molar-refractivity contribution is 0.108. The van der Waals surface area contributed by atoms with Crippen LogP contribution in [0.5, 0.6) is 0 Å². The van der Waals surface area contributed by atoms with Crippen LogP contribution in [0.4, 0.5) is 8.78 Å². The van der Waals surface area contributed by atoms with E-state index in [1.807, 2.05) is 11.8 Å². The number of hydrogen-bond acceptors (Lipinski definition) is 2. The number of benzene rings is 1. The van der Waals surface area contributed by atoms with Crippen molar-refractivity contribution in [3.05, 3.63) is 35.4 Å². The Morgan fingerprint density at radius 3 is 2.76 bits per heavy atom. The zero-order valence-electron chi connectivity index (χ0n) is 12.1. The maximum atomic E-state index is 13.6. The highest BCUT2D eigenvalue weighted by Crippen LogP contribution is 2.13. The number of guanidine groups is 1. The second-order valence-corrected chi connectivity index (χ2v) is 5.12. The Kier molecular flexibility index (Phi) is 5.50. The third-order valence-electron chi connectivity index (χ3n) is 3.51. The van der Waals surface area contributed by atoms with Crippen LogP contribution >= 0.6 is 0 Å². The summed E-state index contributed by atoms with van der Waals surface area (Å²) in [4.78, 5) is 6.41. The van der Waals surface area contributed by atoms with Crippen molar-refractivity contribution in [2.75, 3.05) is 19.6 Å². The number of aliphatic imine (C=N–C) groups is 1. The summed E-state index contributed by atoms with van der Waals surface area (Å²) in [6.45, 7) is 4.16. The molecule has 2 rings (SSSR count). The first-order valence-electron chi connectivity index (χ1n) is 7.25. The predicted molar refractivity (Wildman–Crippen MR) is 78.0 cm³/mol. The fourth-order valence-electron chi connectivity index (χ4n) is 2.33. The van der Waals surface area contributed by atoms with E-state index in [0.717, 1.165) is 12.1 Å². The van der Waals surface area contributed by atoms with E-state index in [4.69, 9.17) is 0 Å². The summed E-state index contributed by atoms with van der Waals surface area (Å²) < 4.78 is 26.7. The van der Waals surface area contributed by atoms with Crippen molar-refractivity contribution >= 4 is 5.96 Å². The molecule has 116 valence electrons. The van der Waals surface area contributed by atoms with E-state index in [9.17, 15) is 13.9 Å². The molecule has 6 heteroatoms. The highest BCUT2D eigenvalue weighted by Gasteiger charge is 2.19. The van der Waals surface area contributed by atoms with Crippen molar-refractivity contribution in [1.29, 1.82) is 0 Å². The Bertz CT molecular complexity index is 500. The van der Waals surface area contributed by atoms with E-state index < -0.39 is 11.6 Å². The molecule has 0 aromatic heterocycles. The molecule has 1 aliphatic rings. The monoisotopic (exact) mass is 297 g/mol. The van der Waals surface area contributed by atoms with Gasteiger partial charge in [-0.3, -0.25) is 0 Å². The SMILES string of the molecule is CCNC(=NCc1cc(F)ccc1F)N1CCC(O)CC1. The van der Waals surface area contributed by atoms with Gasteiger partial charge in [0.1, 0.15) is 11.6 Å². The molecule has 1 aromatic rings. The van der Waals surface area contributed by atoms with Crippen molar-refractivity contribution in [2.24, 2.45) is 4.99 Å². The fourth-order valence-corrected chi connectivity index (χ4v) is 2.33. The van der Waals surface area contributed by atoms with Gasteiger partial charge in [0.25, 0.3) is 0 Å². The van der Waals surface area contributed by atoms with Crippen molar-refractivity contribution in [1.82, 2.24) is 10.2 Å². The summed E-state index contributed by atoms with van der Waals surface area (Å²) in [5.41, 5.74) is 0.238. The summed E-state index contributed by atoms with van der Waals surface area (Å²) in [5, 5.41) is 12.7. The summed E-state index contributed by atoms with van der Waals surface area (Å²) >= 11 is 0. The van der Waals surface area contributed by atoms with E-state index in [-0.39, 0.29) is 18.2 Å². The third kappa shape index (κ3) is 4.39. The fraction of sp³-hybridized carbons (Fsp3) is 0.533. The molecule has 0 aliphatic carbocycles.